The third-order valence-corrected chi connectivity index (χ3v) is 2.90. The first kappa shape index (κ1) is 10.7. The first-order valence-electron chi connectivity index (χ1n) is 3.85. The Bertz CT molecular complexity index is 462. The van der Waals surface area contributed by atoms with Gasteiger partial charge in [0.05, 0.1) is 11.8 Å². The fraction of sp³-hybridized carbons (Fsp3) is 0.222. The summed E-state index contributed by atoms with van der Waals surface area (Å²) in [7, 11) is -3.43. The van der Waals surface area contributed by atoms with E-state index < -0.39 is 21.4 Å². The summed E-state index contributed by atoms with van der Waals surface area (Å²) in [6.45, 7) is 0. The number of hydrogen-bond donors (Lipinski definition) is 0. The molecule has 3 nitrogen and oxygen atoms in total. The van der Waals surface area contributed by atoms with Crippen molar-refractivity contribution in [2.75, 3.05) is 5.75 Å². The molecule has 0 saturated heterocycles. The molecule has 0 aliphatic carbocycles. The summed E-state index contributed by atoms with van der Waals surface area (Å²) in [5, 5.41) is 8.23. The van der Waals surface area contributed by atoms with E-state index in [9.17, 15) is 12.8 Å². The lowest BCUT2D eigenvalue weighted by Gasteiger charge is -1.99. The van der Waals surface area contributed by atoms with Crippen molar-refractivity contribution >= 4 is 9.84 Å². The van der Waals surface area contributed by atoms with Gasteiger partial charge >= 0.3 is 0 Å². The van der Waals surface area contributed by atoms with Crippen LogP contribution in [-0.2, 0) is 15.6 Å². The zero-order chi connectivity index (χ0) is 10.6. The van der Waals surface area contributed by atoms with Crippen molar-refractivity contribution in [1.82, 2.24) is 0 Å². The molecule has 0 bridgehead atoms. The van der Waals surface area contributed by atoms with Crippen molar-refractivity contribution < 1.29 is 12.8 Å². The quantitative estimate of drug-likeness (QED) is 0.759. The molecule has 1 aromatic rings. The van der Waals surface area contributed by atoms with E-state index in [0.717, 1.165) is 6.07 Å². The fourth-order valence-electron chi connectivity index (χ4n) is 1.03. The van der Waals surface area contributed by atoms with Crippen molar-refractivity contribution in [3.63, 3.8) is 0 Å². The molecule has 0 saturated carbocycles. The Hall–Kier alpha value is -1.41. The minimum atomic E-state index is -3.43. The minimum absolute atomic E-state index is 0.293. The Labute approximate surface area is 81.7 Å². The van der Waals surface area contributed by atoms with Crippen LogP contribution in [0.4, 0.5) is 4.39 Å². The average Bonchev–Trinajstić information content (AvgIpc) is 2.02. The maximum absolute atomic E-state index is 12.7. The van der Waals surface area contributed by atoms with Gasteiger partial charge in [0.2, 0.25) is 0 Å². The van der Waals surface area contributed by atoms with Gasteiger partial charge in [0.1, 0.15) is 11.6 Å². The van der Waals surface area contributed by atoms with Gasteiger partial charge in [-0.15, -0.1) is 0 Å². The van der Waals surface area contributed by atoms with E-state index >= 15 is 0 Å². The number of nitriles is 1. The molecule has 0 fully saturated rings. The lowest BCUT2D eigenvalue weighted by molar-refractivity contribution is 0.598. The molecule has 0 N–H and O–H groups in total. The number of sulfone groups is 1. The summed E-state index contributed by atoms with van der Waals surface area (Å²) in [5.41, 5.74) is 0.361. The van der Waals surface area contributed by atoms with Crippen molar-refractivity contribution in [3.05, 3.63) is 35.6 Å². The highest BCUT2D eigenvalue weighted by molar-refractivity contribution is 7.90. The molecule has 0 amide bonds. The number of rotatable bonds is 3. The van der Waals surface area contributed by atoms with E-state index in [0.29, 0.717) is 5.56 Å². The van der Waals surface area contributed by atoms with Gasteiger partial charge in [0.15, 0.2) is 9.84 Å². The van der Waals surface area contributed by atoms with Crippen LogP contribution in [0.2, 0.25) is 0 Å². The van der Waals surface area contributed by atoms with Gasteiger partial charge in [-0.25, -0.2) is 12.8 Å². The molecule has 74 valence electrons. The highest BCUT2D eigenvalue weighted by atomic mass is 32.2. The molecule has 0 unspecified atom stereocenters. The van der Waals surface area contributed by atoms with E-state index in [4.69, 9.17) is 5.26 Å². The predicted molar refractivity (Wildman–Crippen MR) is 49.5 cm³/mol. The standard InChI is InChI=1S/C9H8FNO2S/c10-9-3-1-2-8(6-9)7-14(12,13)5-4-11/h1-3,6H,5,7H2. The zero-order valence-corrected chi connectivity index (χ0v) is 8.09. The lowest BCUT2D eigenvalue weighted by atomic mass is 10.2. The lowest BCUT2D eigenvalue weighted by Crippen LogP contribution is -2.07. The maximum atomic E-state index is 12.7. The third-order valence-electron chi connectivity index (χ3n) is 1.56. The van der Waals surface area contributed by atoms with Crippen LogP contribution < -0.4 is 0 Å². The van der Waals surface area contributed by atoms with Gasteiger partial charge in [0.25, 0.3) is 0 Å². The molecule has 0 aromatic heterocycles. The van der Waals surface area contributed by atoms with E-state index in [1.807, 2.05) is 0 Å². The molecule has 5 heteroatoms. The van der Waals surface area contributed by atoms with E-state index in [1.165, 1.54) is 18.2 Å². The molecule has 0 atom stereocenters. The van der Waals surface area contributed by atoms with Gasteiger partial charge in [0, 0.05) is 0 Å². The second-order valence-electron chi connectivity index (χ2n) is 2.82. The van der Waals surface area contributed by atoms with E-state index in [1.54, 1.807) is 6.07 Å². The molecule has 1 aromatic carbocycles. The van der Waals surface area contributed by atoms with Crippen molar-refractivity contribution in [2.24, 2.45) is 0 Å². The minimum Gasteiger partial charge on any atom is -0.227 e. The SMILES string of the molecule is N#CCS(=O)(=O)Cc1cccc(F)c1. The summed E-state index contributed by atoms with van der Waals surface area (Å²) in [6.07, 6.45) is 0. The van der Waals surface area contributed by atoms with Crippen LogP contribution in [0.5, 0.6) is 0 Å². The fourth-order valence-corrected chi connectivity index (χ4v) is 2.02. The molecule has 0 spiro atoms. The molecule has 1 rings (SSSR count). The van der Waals surface area contributed by atoms with Crippen LogP contribution in [0.3, 0.4) is 0 Å². The van der Waals surface area contributed by atoms with E-state index in [-0.39, 0.29) is 5.75 Å². The topological polar surface area (TPSA) is 57.9 Å². The molecule has 0 heterocycles. The molecule has 14 heavy (non-hydrogen) atoms. The van der Waals surface area contributed by atoms with Crippen LogP contribution in [0.15, 0.2) is 24.3 Å². The summed E-state index contributed by atoms with van der Waals surface area (Å²) >= 11 is 0. The summed E-state index contributed by atoms with van der Waals surface area (Å²) in [6, 6.07) is 6.89. The molecular weight excluding hydrogens is 205 g/mol. The molecule has 0 radical (unpaired) electrons. The first-order valence-corrected chi connectivity index (χ1v) is 5.67. The smallest absolute Gasteiger partial charge is 0.167 e. The molecule has 0 aliphatic rings. The van der Waals surface area contributed by atoms with Crippen LogP contribution >= 0.6 is 0 Å². The second-order valence-corrected chi connectivity index (χ2v) is 4.88. The predicted octanol–water partition coefficient (Wildman–Crippen LogP) is 1.26. The summed E-state index contributed by atoms with van der Waals surface area (Å²) in [5.74, 6) is -1.31. The Morgan fingerprint density at radius 2 is 2.14 bits per heavy atom. The average molecular weight is 213 g/mol. The van der Waals surface area contributed by atoms with Crippen molar-refractivity contribution in [2.45, 2.75) is 5.75 Å². The van der Waals surface area contributed by atoms with Crippen LogP contribution in [0.1, 0.15) is 5.56 Å². The van der Waals surface area contributed by atoms with Gasteiger partial charge in [-0.2, -0.15) is 5.26 Å². The summed E-state index contributed by atoms with van der Waals surface area (Å²) < 4.78 is 35.0. The Morgan fingerprint density at radius 3 is 2.71 bits per heavy atom. The van der Waals surface area contributed by atoms with Crippen LogP contribution in [0, 0.1) is 17.1 Å². The van der Waals surface area contributed by atoms with Gasteiger partial charge < -0.3 is 0 Å². The molecule has 0 aliphatic heterocycles. The number of benzene rings is 1. The zero-order valence-electron chi connectivity index (χ0n) is 7.27. The highest BCUT2D eigenvalue weighted by Gasteiger charge is 2.11. The van der Waals surface area contributed by atoms with Crippen LogP contribution in [-0.4, -0.2) is 14.2 Å². The highest BCUT2D eigenvalue weighted by Crippen LogP contribution is 2.08. The second kappa shape index (κ2) is 4.20. The van der Waals surface area contributed by atoms with Gasteiger partial charge in [-0.3, -0.25) is 0 Å². The summed E-state index contributed by atoms with van der Waals surface area (Å²) in [4.78, 5) is 0. The van der Waals surface area contributed by atoms with Crippen molar-refractivity contribution in [3.8, 4) is 6.07 Å². The maximum Gasteiger partial charge on any atom is 0.167 e. The first-order chi connectivity index (χ1) is 6.53. The number of hydrogen-bond acceptors (Lipinski definition) is 3. The normalized spacial score (nSPS) is 10.9. The van der Waals surface area contributed by atoms with Gasteiger partial charge in [-0.05, 0) is 17.7 Å². The van der Waals surface area contributed by atoms with Gasteiger partial charge in [-0.1, -0.05) is 12.1 Å². The largest absolute Gasteiger partial charge is 0.227 e. The molecular formula is C9H8FNO2S. The number of nitrogens with zero attached hydrogens (tertiary/aromatic N) is 1. The van der Waals surface area contributed by atoms with E-state index in [2.05, 4.69) is 0 Å². The Morgan fingerprint density at radius 1 is 1.43 bits per heavy atom. The van der Waals surface area contributed by atoms with Crippen molar-refractivity contribution in [1.29, 1.82) is 5.26 Å². The Kier molecular flexibility index (Phi) is 3.20. The third kappa shape index (κ3) is 3.15. The Balaban J connectivity index is 2.85. The van der Waals surface area contributed by atoms with Crippen LogP contribution in [0.25, 0.3) is 0 Å². The number of halogens is 1. The monoisotopic (exact) mass is 213 g/mol.